The lowest BCUT2D eigenvalue weighted by Crippen LogP contribution is -2.31. The summed E-state index contributed by atoms with van der Waals surface area (Å²) in [5.74, 6) is 0.496. The molecule has 3 heterocycles. The summed E-state index contributed by atoms with van der Waals surface area (Å²) in [7, 11) is 0. The van der Waals surface area contributed by atoms with Gasteiger partial charge in [-0.3, -0.25) is 4.79 Å². The second-order valence-electron chi connectivity index (χ2n) is 6.89. The zero-order valence-electron chi connectivity index (χ0n) is 14.5. The maximum atomic E-state index is 12.5. The molecule has 1 amide bonds. The lowest BCUT2D eigenvalue weighted by atomic mass is 9.99. The normalized spacial score (nSPS) is 24.2. The van der Waals surface area contributed by atoms with Crippen molar-refractivity contribution < 1.29 is 14.4 Å². The van der Waals surface area contributed by atoms with Gasteiger partial charge >= 0.3 is 0 Å². The van der Waals surface area contributed by atoms with Gasteiger partial charge in [0.15, 0.2) is 0 Å². The largest absolute Gasteiger partial charge is 0.403 e. The number of H-pyrrole nitrogens is 1. The SMILES string of the molecule is Cc1cc2cc(C(C)NC(=O)C3=CC(C4CCOC4)NO3)ccc2[nH]1. The summed E-state index contributed by atoms with van der Waals surface area (Å²) >= 11 is 0. The van der Waals surface area contributed by atoms with Crippen LogP contribution < -0.4 is 10.8 Å². The highest BCUT2D eigenvalue weighted by Crippen LogP contribution is 2.24. The van der Waals surface area contributed by atoms with Crippen molar-refractivity contribution in [1.82, 2.24) is 15.8 Å². The Labute approximate surface area is 146 Å². The number of fused-ring (bicyclic) bond motifs is 1. The molecule has 0 spiro atoms. The maximum Gasteiger partial charge on any atom is 0.289 e. The van der Waals surface area contributed by atoms with Crippen molar-refractivity contribution in [3.05, 3.63) is 47.4 Å². The summed E-state index contributed by atoms with van der Waals surface area (Å²) in [4.78, 5) is 21.2. The molecule has 4 rings (SSSR count). The number of hydrogen-bond acceptors (Lipinski definition) is 4. The summed E-state index contributed by atoms with van der Waals surface area (Å²) in [6, 6.07) is 8.22. The minimum Gasteiger partial charge on any atom is -0.403 e. The van der Waals surface area contributed by atoms with Gasteiger partial charge in [-0.05, 0) is 55.5 Å². The summed E-state index contributed by atoms with van der Waals surface area (Å²) in [5.41, 5.74) is 6.22. The van der Waals surface area contributed by atoms with Gasteiger partial charge in [-0.15, -0.1) is 5.48 Å². The Morgan fingerprint density at radius 1 is 1.36 bits per heavy atom. The quantitative estimate of drug-likeness (QED) is 0.799. The predicted molar refractivity (Wildman–Crippen MR) is 94.6 cm³/mol. The highest BCUT2D eigenvalue weighted by atomic mass is 16.7. The highest BCUT2D eigenvalue weighted by Gasteiger charge is 2.31. The second kappa shape index (κ2) is 6.54. The number of carbonyl (C=O) groups is 1. The van der Waals surface area contributed by atoms with Crippen molar-refractivity contribution in [1.29, 1.82) is 0 Å². The van der Waals surface area contributed by atoms with Gasteiger partial charge < -0.3 is 19.9 Å². The van der Waals surface area contributed by atoms with E-state index in [1.165, 1.54) is 0 Å². The molecule has 25 heavy (non-hydrogen) atoms. The Balaban J connectivity index is 1.43. The molecular weight excluding hydrogens is 318 g/mol. The van der Waals surface area contributed by atoms with Crippen molar-refractivity contribution in [2.75, 3.05) is 13.2 Å². The van der Waals surface area contributed by atoms with Crippen LogP contribution in [0.3, 0.4) is 0 Å². The third-order valence-corrected chi connectivity index (χ3v) is 4.96. The molecule has 1 aromatic carbocycles. The number of aromatic nitrogens is 1. The molecule has 1 fully saturated rings. The smallest absolute Gasteiger partial charge is 0.289 e. The standard InChI is InChI=1S/C19H23N3O3/c1-11-7-15-8-13(3-4-16(15)20-11)12(2)21-19(23)18-9-17(22-25-18)14-5-6-24-10-14/h3-4,7-9,12,14,17,20,22H,5-6,10H2,1-2H3,(H,21,23). The average Bonchev–Trinajstić information content (AvgIpc) is 3.32. The van der Waals surface area contributed by atoms with Crippen LogP contribution in [0.25, 0.3) is 10.9 Å². The molecule has 2 aromatic rings. The number of ether oxygens (including phenoxy) is 1. The first-order valence-corrected chi connectivity index (χ1v) is 8.72. The summed E-state index contributed by atoms with van der Waals surface area (Å²) < 4.78 is 5.40. The van der Waals surface area contributed by atoms with Crippen LogP contribution in [-0.4, -0.2) is 30.1 Å². The van der Waals surface area contributed by atoms with E-state index >= 15 is 0 Å². The molecule has 0 aliphatic carbocycles. The van der Waals surface area contributed by atoms with Gasteiger partial charge in [0.2, 0.25) is 5.76 Å². The van der Waals surface area contributed by atoms with Crippen LogP contribution >= 0.6 is 0 Å². The van der Waals surface area contributed by atoms with E-state index in [9.17, 15) is 4.79 Å². The molecular formula is C19H23N3O3. The van der Waals surface area contributed by atoms with Gasteiger partial charge in [-0.25, -0.2) is 0 Å². The fourth-order valence-electron chi connectivity index (χ4n) is 3.47. The van der Waals surface area contributed by atoms with E-state index in [0.717, 1.165) is 35.2 Å². The molecule has 3 N–H and O–H groups in total. The Morgan fingerprint density at radius 3 is 3.04 bits per heavy atom. The molecule has 2 aliphatic heterocycles. The number of aromatic amines is 1. The van der Waals surface area contributed by atoms with E-state index in [0.29, 0.717) is 18.3 Å². The van der Waals surface area contributed by atoms with Crippen molar-refractivity contribution in [2.45, 2.75) is 32.4 Å². The fraction of sp³-hybridized carbons (Fsp3) is 0.421. The van der Waals surface area contributed by atoms with Crippen molar-refractivity contribution >= 4 is 16.8 Å². The van der Waals surface area contributed by atoms with Crippen LogP contribution in [0.1, 0.15) is 30.6 Å². The first-order chi connectivity index (χ1) is 12.1. The average molecular weight is 341 g/mol. The molecule has 6 nitrogen and oxygen atoms in total. The van der Waals surface area contributed by atoms with Crippen molar-refractivity contribution in [2.24, 2.45) is 5.92 Å². The van der Waals surface area contributed by atoms with Crippen LogP contribution in [0.4, 0.5) is 0 Å². The summed E-state index contributed by atoms with van der Waals surface area (Å²) in [5, 5.41) is 4.16. The first kappa shape index (κ1) is 16.2. The molecule has 1 aromatic heterocycles. The zero-order valence-corrected chi connectivity index (χ0v) is 14.5. The topological polar surface area (TPSA) is 75.4 Å². The number of rotatable bonds is 4. The van der Waals surface area contributed by atoms with Crippen LogP contribution in [0.2, 0.25) is 0 Å². The molecule has 0 saturated carbocycles. The van der Waals surface area contributed by atoms with E-state index < -0.39 is 0 Å². The Bertz CT molecular complexity index is 820. The van der Waals surface area contributed by atoms with E-state index in [1.54, 1.807) is 0 Å². The summed E-state index contributed by atoms with van der Waals surface area (Å²) in [6.45, 7) is 5.49. The van der Waals surface area contributed by atoms with Gasteiger partial charge in [-0.2, -0.15) is 0 Å². The van der Waals surface area contributed by atoms with Crippen molar-refractivity contribution in [3.8, 4) is 0 Å². The summed E-state index contributed by atoms with van der Waals surface area (Å²) in [6.07, 6.45) is 2.85. The van der Waals surface area contributed by atoms with Gasteiger partial charge in [0.1, 0.15) is 0 Å². The number of amides is 1. The first-order valence-electron chi connectivity index (χ1n) is 8.72. The Hall–Kier alpha value is -2.31. The molecule has 2 aliphatic rings. The fourth-order valence-corrected chi connectivity index (χ4v) is 3.47. The van der Waals surface area contributed by atoms with Gasteiger partial charge in [0.05, 0.1) is 18.7 Å². The van der Waals surface area contributed by atoms with E-state index in [2.05, 4.69) is 27.9 Å². The molecule has 0 bridgehead atoms. The van der Waals surface area contributed by atoms with Gasteiger partial charge in [0, 0.05) is 23.7 Å². The number of carbonyl (C=O) groups excluding carboxylic acids is 1. The molecule has 3 unspecified atom stereocenters. The Morgan fingerprint density at radius 2 is 2.24 bits per heavy atom. The van der Waals surface area contributed by atoms with Crippen LogP contribution in [0.15, 0.2) is 36.1 Å². The van der Waals surface area contributed by atoms with Gasteiger partial charge in [0.25, 0.3) is 5.91 Å². The van der Waals surface area contributed by atoms with E-state index in [-0.39, 0.29) is 18.0 Å². The molecule has 3 atom stereocenters. The predicted octanol–water partition coefficient (Wildman–Crippen LogP) is 2.48. The van der Waals surface area contributed by atoms with E-state index in [4.69, 9.17) is 9.57 Å². The lowest BCUT2D eigenvalue weighted by Gasteiger charge is -2.14. The lowest BCUT2D eigenvalue weighted by molar-refractivity contribution is -0.122. The zero-order chi connectivity index (χ0) is 17.4. The molecule has 0 radical (unpaired) electrons. The monoisotopic (exact) mass is 341 g/mol. The third-order valence-electron chi connectivity index (χ3n) is 4.96. The van der Waals surface area contributed by atoms with Crippen LogP contribution in [-0.2, 0) is 14.4 Å². The van der Waals surface area contributed by atoms with E-state index in [1.807, 2.05) is 32.1 Å². The molecule has 132 valence electrons. The minimum atomic E-state index is -0.202. The third kappa shape index (κ3) is 3.27. The number of aryl methyl sites for hydroxylation is 1. The maximum absolute atomic E-state index is 12.5. The Kier molecular flexibility index (Phi) is 4.23. The number of hydrogen-bond donors (Lipinski definition) is 3. The van der Waals surface area contributed by atoms with Gasteiger partial charge in [-0.1, -0.05) is 6.07 Å². The number of nitrogens with one attached hydrogen (secondary N) is 3. The van der Waals surface area contributed by atoms with Crippen LogP contribution in [0.5, 0.6) is 0 Å². The van der Waals surface area contributed by atoms with Crippen molar-refractivity contribution in [3.63, 3.8) is 0 Å². The molecule has 1 saturated heterocycles. The number of hydroxylamine groups is 1. The second-order valence-corrected chi connectivity index (χ2v) is 6.89. The highest BCUT2D eigenvalue weighted by molar-refractivity contribution is 5.92. The minimum absolute atomic E-state index is 0.0396. The van der Waals surface area contributed by atoms with Crippen LogP contribution in [0, 0.1) is 12.8 Å². The molecule has 6 heteroatoms. The number of benzene rings is 1.